The first-order valence-electron chi connectivity index (χ1n) is 6.55. The third-order valence-corrected chi connectivity index (χ3v) is 5.62. The Morgan fingerprint density at radius 3 is 2.70 bits per heavy atom. The summed E-state index contributed by atoms with van der Waals surface area (Å²) in [5.74, 6) is -0.934. The van der Waals surface area contributed by atoms with Crippen LogP contribution < -0.4 is 5.32 Å². The molecule has 1 saturated carbocycles. The van der Waals surface area contributed by atoms with E-state index in [0.717, 1.165) is 43.9 Å². The number of aliphatic carboxylic acids is 1. The molecule has 1 amide bonds. The smallest absolute Gasteiger partial charge is 0.313 e. The van der Waals surface area contributed by atoms with E-state index in [2.05, 4.69) is 15.5 Å². The van der Waals surface area contributed by atoms with Crippen LogP contribution in [-0.4, -0.2) is 32.9 Å². The molecule has 1 aromatic heterocycles. The van der Waals surface area contributed by atoms with Gasteiger partial charge in [-0.2, -0.15) is 0 Å². The summed E-state index contributed by atoms with van der Waals surface area (Å²) in [7, 11) is 0. The summed E-state index contributed by atoms with van der Waals surface area (Å²) in [5, 5.41) is 19.6. The van der Waals surface area contributed by atoms with Crippen LogP contribution in [0.1, 0.15) is 39.0 Å². The normalized spacial score (nSPS) is 17.1. The second kappa shape index (κ2) is 6.53. The molecule has 0 aliphatic heterocycles. The number of nitrogens with zero attached hydrogens (tertiary/aromatic N) is 2. The number of hydrogen-bond acceptors (Lipinski definition) is 6. The second-order valence-electron chi connectivity index (χ2n) is 4.85. The summed E-state index contributed by atoms with van der Waals surface area (Å²) >= 11 is 2.32. The molecule has 8 heteroatoms. The number of rotatable bonds is 6. The number of aromatic nitrogens is 2. The highest BCUT2D eigenvalue weighted by Gasteiger charge is 2.39. The first-order valence-corrected chi connectivity index (χ1v) is 8.35. The van der Waals surface area contributed by atoms with Gasteiger partial charge in [0.2, 0.25) is 11.0 Å². The maximum Gasteiger partial charge on any atom is 0.313 e. The molecule has 0 atom stereocenters. The van der Waals surface area contributed by atoms with Gasteiger partial charge < -0.3 is 10.4 Å². The average molecular weight is 315 g/mol. The second-order valence-corrected chi connectivity index (χ2v) is 7.05. The van der Waals surface area contributed by atoms with Crippen LogP contribution in [0.5, 0.6) is 0 Å². The van der Waals surface area contributed by atoms with Crippen LogP contribution in [0, 0.1) is 5.41 Å². The van der Waals surface area contributed by atoms with Gasteiger partial charge in [-0.25, -0.2) is 0 Å². The van der Waals surface area contributed by atoms with Crippen molar-refractivity contribution in [2.24, 2.45) is 5.41 Å². The third kappa shape index (κ3) is 3.49. The van der Waals surface area contributed by atoms with Gasteiger partial charge in [-0.3, -0.25) is 9.59 Å². The highest BCUT2D eigenvalue weighted by Crippen LogP contribution is 2.42. The van der Waals surface area contributed by atoms with Crippen molar-refractivity contribution in [3.8, 4) is 0 Å². The Bertz CT molecular complexity index is 498. The van der Waals surface area contributed by atoms with Crippen molar-refractivity contribution in [1.29, 1.82) is 0 Å². The molecule has 1 aliphatic carbocycles. The maximum atomic E-state index is 12.4. The predicted molar refractivity (Wildman–Crippen MR) is 78.1 cm³/mol. The lowest BCUT2D eigenvalue weighted by molar-refractivity contribution is -0.134. The molecule has 0 aromatic carbocycles. The van der Waals surface area contributed by atoms with Crippen molar-refractivity contribution >= 4 is 40.1 Å². The minimum atomic E-state index is -0.897. The van der Waals surface area contributed by atoms with Crippen LogP contribution in [0.4, 0.5) is 5.13 Å². The van der Waals surface area contributed by atoms with E-state index in [1.54, 1.807) is 0 Å². The van der Waals surface area contributed by atoms with Crippen molar-refractivity contribution in [3.05, 3.63) is 0 Å². The number of nitrogens with one attached hydrogen (secondary N) is 1. The van der Waals surface area contributed by atoms with Gasteiger partial charge in [-0.05, 0) is 19.3 Å². The van der Waals surface area contributed by atoms with E-state index in [1.165, 1.54) is 11.3 Å². The molecule has 0 saturated heterocycles. The fraction of sp³-hybridized carbons (Fsp3) is 0.667. The van der Waals surface area contributed by atoms with E-state index in [-0.39, 0.29) is 17.1 Å². The van der Waals surface area contributed by atoms with E-state index >= 15 is 0 Å². The number of thioether (sulfide) groups is 1. The molecule has 2 N–H and O–H groups in total. The lowest BCUT2D eigenvalue weighted by atomic mass is 9.82. The molecule has 0 unspecified atom stereocenters. The van der Waals surface area contributed by atoms with E-state index < -0.39 is 5.97 Å². The van der Waals surface area contributed by atoms with Crippen LogP contribution in [0.2, 0.25) is 0 Å². The minimum Gasteiger partial charge on any atom is -0.481 e. The van der Waals surface area contributed by atoms with Gasteiger partial charge in [-0.15, -0.1) is 10.2 Å². The highest BCUT2D eigenvalue weighted by atomic mass is 32.2. The molecule has 0 spiro atoms. The van der Waals surface area contributed by atoms with Gasteiger partial charge in [0, 0.05) is 5.41 Å². The highest BCUT2D eigenvalue weighted by molar-refractivity contribution is 8.01. The van der Waals surface area contributed by atoms with E-state index in [0.29, 0.717) is 9.47 Å². The fourth-order valence-electron chi connectivity index (χ4n) is 2.46. The third-order valence-electron chi connectivity index (χ3n) is 3.67. The quantitative estimate of drug-likeness (QED) is 0.619. The topological polar surface area (TPSA) is 92.2 Å². The van der Waals surface area contributed by atoms with Crippen LogP contribution in [-0.2, 0) is 9.59 Å². The number of carbonyl (C=O) groups is 2. The van der Waals surface area contributed by atoms with Crippen LogP contribution >= 0.6 is 23.1 Å². The average Bonchev–Trinajstić information content (AvgIpc) is 3.05. The number of carboxylic acid groups (broad SMARTS) is 1. The van der Waals surface area contributed by atoms with Crippen LogP contribution in [0.25, 0.3) is 0 Å². The Hall–Kier alpha value is -1.15. The van der Waals surface area contributed by atoms with Crippen molar-refractivity contribution in [3.63, 3.8) is 0 Å². The fourth-order valence-corrected chi connectivity index (χ4v) is 3.93. The molecule has 1 aromatic rings. The predicted octanol–water partition coefficient (Wildman–Crippen LogP) is 2.62. The van der Waals surface area contributed by atoms with Crippen molar-refractivity contribution in [2.45, 2.75) is 43.4 Å². The van der Waals surface area contributed by atoms with Gasteiger partial charge in [0.1, 0.15) is 0 Å². The molecule has 110 valence electrons. The lowest BCUT2D eigenvalue weighted by Gasteiger charge is -2.24. The number of amides is 1. The molecule has 1 fully saturated rings. The number of anilines is 1. The number of carbonyl (C=O) groups excluding carboxylic acids is 1. The minimum absolute atomic E-state index is 0.0171. The zero-order valence-electron chi connectivity index (χ0n) is 11.2. The van der Waals surface area contributed by atoms with Crippen molar-refractivity contribution in [1.82, 2.24) is 10.2 Å². The molecule has 20 heavy (non-hydrogen) atoms. The molecular formula is C12H17N3O3S2. The molecule has 1 heterocycles. The number of hydrogen-bond donors (Lipinski definition) is 2. The Morgan fingerprint density at radius 1 is 1.40 bits per heavy atom. The molecule has 0 bridgehead atoms. The van der Waals surface area contributed by atoms with E-state index in [1.807, 2.05) is 6.92 Å². The zero-order valence-corrected chi connectivity index (χ0v) is 12.9. The van der Waals surface area contributed by atoms with Crippen LogP contribution in [0.15, 0.2) is 4.34 Å². The Kier molecular flexibility index (Phi) is 4.98. The summed E-state index contributed by atoms with van der Waals surface area (Å²) in [6.07, 6.45) is 4.87. The largest absolute Gasteiger partial charge is 0.481 e. The maximum absolute atomic E-state index is 12.4. The molecule has 2 rings (SSSR count). The van der Waals surface area contributed by atoms with Gasteiger partial charge in [0.05, 0.1) is 5.75 Å². The number of carboxylic acids is 1. The summed E-state index contributed by atoms with van der Waals surface area (Å²) in [5.41, 5.74) is -0.264. The summed E-state index contributed by atoms with van der Waals surface area (Å²) in [4.78, 5) is 22.8. The Labute approximate surface area is 125 Å². The first kappa shape index (κ1) is 15.2. The summed E-state index contributed by atoms with van der Waals surface area (Å²) in [6, 6.07) is 0. The molecule has 0 radical (unpaired) electrons. The molecular weight excluding hydrogens is 298 g/mol. The Morgan fingerprint density at radius 2 is 2.10 bits per heavy atom. The molecule has 1 aliphatic rings. The molecule has 6 nitrogen and oxygen atoms in total. The van der Waals surface area contributed by atoms with Gasteiger partial charge in [0.15, 0.2) is 4.34 Å². The lowest BCUT2D eigenvalue weighted by Crippen LogP contribution is -2.33. The Balaban J connectivity index is 1.96. The van der Waals surface area contributed by atoms with Crippen molar-refractivity contribution < 1.29 is 14.7 Å². The first-order chi connectivity index (χ1) is 9.55. The van der Waals surface area contributed by atoms with Gasteiger partial charge in [-0.1, -0.05) is 42.9 Å². The van der Waals surface area contributed by atoms with Gasteiger partial charge >= 0.3 is 5.97 Å². The monoisotopic (exact) mass is 315 g/mol. The SMILES string of the molecule is CCC1(C(=O)Nc2nnc(SCC(=O)O)s2)CCCC1. The zero-order chi connectivity index (χ0) is 14.6. The summed E-state index contributed by atoms with van der Waals surface area (Å²) < 4.78 is 0.555. The van der Waals surface area contributed by atoms with E-state index in [4.69, 9.17) is 5.11 Å². The van der Waals surface area contributed by atoms with Crippen LogP contribution in [0.3, 0.4) is 0 Å². The van der Waals surface area contributed by atoms with Crippen molar-refractivity contribution in [2.75, 3.05) is 11.1 Å². The summed E-state index contributed by atoms with van der Waals surface area (Å²) in [6.45, 7) is 2.04. The van der Waals surface area contributed by atoms with Gasteiger partial charge in [0.25, 0.3) is 0 Å². The van der Waals surface area contributed by atoms with E-state index in [9.17, 15) is 9.59 Å². The standard InChI is InChI=1S/C12H17N3O3S2/c1-2-12(5-3-4-6-12)9(18)13-10-14-15-11(20-10)19-7-8(16)17/h2-7H2,1H3,(H,16,17)(H,13,14,18).